The van der Waals surface area contributed by atoms with Gasteiger partial charge in [0.15, 0.2) is 24.1 Å². The summed E-state index contributed by atoms with van der Waals surface area (Å²) >= 11 is 0. The molecule has 6 N–H and O–H groups in total. The molecule has 19 heteroatoms. The largest absolute Gasteiger partial charge is 0.394 e. The fourth-order valence-corrected chi connectivity index (χ4v) is 5.83. The highest BCUT2D eigenvalue weighted by Crippen LogP contribution is 2.29. The Morgan fingerprint density at radius 2 is 1.02 bits per heavy atom. The Balaban J connectivity index is 0.000000590. The lowest BCUT2D eigenvalue weighted by Gasteiger charge is -2.41. The first kappa shape index (κ1) is 55.4. The average molecular weight is 859 g/mol. The van der Waals surface area contributed by atoms with Crippen molar-refractivity contribution in [2.45, 2.75) is 116 Å². The molecule has 0 radical (unpaired) electrons. The Bertz CT molecular complexity index is 1080. The Labute approximate surface area is 348 Å². The highest BCUT2D eigenvalue weighted by molar-refractivity contribution is 5.87. The Morgan fingerprint density at radius 1 is 0.593 bits per heavy atom. The van der Waals surface area contributed by atoms with E-state index in [0.29, 0.717) is 65.7 Å². The highest BCUT2D eigenvalue weighted by Gasteiger charge is 2.44. The summed E-state index contributed by atoms with van der Waals surface area (Å²) in [6, 6.07) is 0. The molecule has 0 bridgehead atoms. The third kappa shape index (κ3) is 23.4. The third-order valence-electron chi connectivity index (χ3n) is 9.74. The van der Waals surface area contributed by atoms with Gasteiger partial charge < -0.3 is 78.0 Å². The van der Waals surface area contributed by atoms with Crippen molar-refractivity contribution in [1.82, 2.24) is 0 Å². The summed E-state index contributed by atoms with van der Waals surface area (Å²) in [7, 11) is 0. The van der Waals surface area contributed by atoms with E-state index in [4.69, 9.17) is 47.4 Å². The zero-order valence-electron chi connectivity index (χ0n) is 35.7. The van der Waals surface area contributed by atoms with Gasteiger partial charge in [0.2, 0.25) is 0 Å². The molecule has 348 valence electrons. The van der Waals surface area contributed by atoms with Crippen LogP contribution in [0.15, 0.2) is 0 Å². The van der Waals surface area contributed by atoms with Gasteiger partial charge in [-0.3, -0.25) is 14.4 Å². The first-order valence-corrected chi connectivity index (χ1v) is 20.8. The molecule has 0 aromatic rings. The summed E-state index contributed by atoms with van der Waals surface area (Å²) in [5, 5.41) is 58.2. The van der Waals surface area contributed by atoms with Gasteiger partial charge in [-0.1, -0.05) is 34.1 Å². The minimum atomic E-state index is -1.15. The number of aliphatic hydroxyl groups excluding tert-OH is 6. The fourth-order valence-electron chi connectivity index (χ4n) is 5.83. The molecule has 1 unspecified atom stereocenters. The Hall–Kier alpha value is -1.63. The lowest BCUT2D eigenvalue weighted by atomic mass is 9.89. The first-order valence-electron chi connectivity index (χ1n) is 20.8. The van der Waals surface area contributed by atoms with Gasteiger partial charge in [0.05, 0.1) is 105 Å². The molecule has 0 aliphatic carbocycles. The SMILES string of the molecule is CC(=O)[C@H](C)CC(=O)COCCOCCOCCO[C@@H]1O[C@H](CO)[C@H](O)[C@H](O)C1C.CCCCC(=O)COCCOCCOCCO[C@@H]1O[C@H](CO)[C@H](O)[C@H](O)[C@H]1CC. The van der Waals surface area contributed by atoms with Crippen molar-refractivity contribution in [3.8, 4) is 0 Å². The molecule has 2 aliphatic rings. The molecule has 11 atom stereocenters. The van der Waals surface area contributed by atoms with Crippen LogP contribution in [0.25, 0.3) is 0 Å². The van der Waals surface area contributed by atoms with Crippen molar-refractivity contribution in [3.63, 3.8) is 0 Å². The minimum Gasteiger partial charge on any atom is -0.394 e. The van der Waals surface area contributed by atoms with E-state index in [1.165, 1.54) is 6.92 Å². The van der Waals surface area contributed by atoms with Crippen molar-refractivity contribution < 1.29 is 92.4 Å². The second kappa shape index (κ2) is 33.9. The molecule has 0 aromatic heterocycles. The summed E-state index contributed by atoms with van der Waals surface area (Å²) in [6.45, 7) is 12.1. The smallest absolute Gasteiger partial charge is 0.163 e. The van der Waals surface area contributed by atoms with E-state index in [-0.39, 0.29) is 81.9 Å². The van der Waals surface area contributed by atoms with E-state index >= 15 is 0 Å². The summed E-state index contributed by atoms with van der Waals surface area (Å²) in [5.74, 6) is -1.09. The maximum atomic E-state index is 11.6. The van der Waals surface area contributed by atoms with E-state index in [2.05, 4.69) is 0 Å². The first-order chi connectivity index (χ1) is 28.3. The van der Waals surface area contributed by atoms with E-state index in [1.807, 2.05) is 13.8 Å². The quantitative estimate of drug-likeness (QED) is 0.0458. The van der Waals surface area contributed by atoms with Crippen molar-refractivity contribution in [2.75, 3.05) is 106 Å². The van der Waals surface area contributed by atoms with Crippen LogP contribution in [0.3, 0.4) is 0 Å². The normalized spacial score (nSPS) is 27.5. The van der Waals surface area contributed by atoms with Crippen LogP contribution in [-0.2, 0) is 61.8 Å². The molecule has 2 fully saturated rings. The number of rotatable bonds is 33. The molecule has 0 amide bonds. The molecule has 2 saturated heterocycles. The number of ether oxygens (including phenoxy) is 10. The number of ketones is 3. The van der Waals surface area contributed by atoms with Gasteiger partial charge >= 0.3 is 0 Å². The van der Waals surface area contributed by atoms with Gasteiger partial charge in [0.1, 0.15) is 43.4 Å². The number of carbonyl (C=O) groups excluding carboxylic acids is 3. The van der Waals surface area contributed by atoms with Crippen LogP contribution < -0.4 is 0 Å². The Kier molecular flexibility index (Phi) is 31.9. The van der Waals surface area contributed by atoms with E-state index in [9.17, 15) is 45.0 Å². The number of hydrogen-bond acceptors (Lipinski definition) is 19. The van der Waals surface area contributed by atoms with Gasteiger partial charge in [-0.05, 0) is 19.8 Å². The molecular weight excluding hydrogens is 784 g/mol. The van der Waals surface area contributed by atoms with Crippen LogP contribution in [0.2, 0.25) is 0 Å². The maximum absolute atomic E-state index is 11.6. The number of carbonyl (C=O) groups is 3. The van der Waals surface area contributed by atoms with Crippen LogP contribution >= 0.6 is 0 Å². The average Bonchev–Trinajstić information content (AvgIpc) is 3.22. The van der Waals surface area contributed by atoms with Crippen molar-refractivity contribution in [3.05, 3.63) is 0 Å². The second-order valence-corrected chi connectivity index (χ2v) is 14.5. The predicted octanol–water partition coefficient (Wildman–Crippen LogP) is -0.410. The molecule has 0 aromatic carbocycles. The minimum absolute atomic E-state index is 0.0105. The third-order valence-corrected chi connectivity index (χ3v) is 9.74. The van der Waals surface area contributed by atoms with E-state index < -0.39 is 61.7 Å². The van der Waals surface area contributed by atoms with Crippen LogP contribution in [0.5, 0.6) is 0 Å². The number of hydrogen-bond donors (Lipinski definition) is 6. The van der Waals surface area contributed by atoms with Crippen LogP contribution in [-0.4, -0.2) is 203 Å². The lowest BCUT2D eigenvalue weighted by molar-refractivity contribution is -0.287. The fraction of sp³-hybridized carbons (Fsp3) is 0.925. The van der Waals surface area contributed by atoms with Crippen molar-refractivity contribution >= 4 is 17.3 Å². The van der Waals surface area contributed by atoms with Gasteiger partial charge in [0, 0.05) is 30.6 Å². The second-order valence-electron chi connectivity index (χ2n) is 14.5. The molecule has 59 heavy (non-hydrogen) atoms. The van der Waals surface area contributed by atoms with Gasteiger partial charge in [0.25, 0.3) is 0 Å². The van der Waals surface area contributed by atoms with Gasteiger partial charge in [-0.15, -0.1) is 0 Å². The monoisotopic (exact) mass is 858 g/mol. The van der Waals surface area contributed by atoms with E-state index in [1.54, 1.807) is 13.8 Å². The predicted molar refractivity (Wildman–Crippen MR) is 209 cm³/mol. The summed E-state index contributed by atoms with van der Waals surface area (Å²) in [4.78, 5) is 34.1. The van der Waals surface area contributed by atoms with Gasteiger partial charge in [-0.25, -0.2) is 0 Å². The standard InChI is InChI=1S/C20H36O10.C20H38O9/c1-13(15(3)22)10-16(23)12-28-7-6-26-4-5-27-8-9-29-20-14(2)18(24)19(25)17(11-21)30-20;1-3-5-6-15(22)14-27-10-9-25-7-8-26-11-12-28-20-16(4-2)18(23)19(24)17(13-21)29-20/h13-14,17-21,24-25H,4-12H2,1-3H3;16-21,23-24H,3-14H2,1-2H3/t13-,14?,17-,18-,19+,20-;16-,17-,18-,19+,20-/m11/s1. The molecule has 0 saturated carbocycles. The number of aliphatic hydroxyl groups is 6. The molecule has 19 nitrogen and oxygen atoms in total. The zero-order valence-corrected chi connectivity index (χ0v) is 35.7. The lowest BCUT2D eigenvalue weighted by Crippen LogP contribution is -2.56. The topological polar surface area (TPSA) is 265 Å². The summed E-state index contributed by atoms with van der Waals surface area (Å²) < 4.78 is 54.1. The van der Waals surface area contributed by atoms with Gasteiger partial charge in [-0.2, -0.15) is 0 Å². The maximum Gasteiger partial charge on any atom is 0.163 e. The van der Waals surface area contributed by atoms with E-state index in [0.717, 1.165) is 12.8 Å². The molecule has 2 heterocycles. The summed E-state index contributed by atoms with van der Waals surface area (Å²) in [5.41, 5.74) is 0. The van der Waals surface area contributed by atoms with Crippen molar-refractivity contribution in [2.24, 2.45) is 17.8 Å². The molecule has 2 aliphatic heterocycles. The van der Waals surface area contributed by atoms with Crippen LogP contribution in [0.4, 0.5) is 0 Å². The number of unbranched alkanes of at least 4 members (excludes halogenated alkanes) is 1. The zero-order chi connectivity index (χ0) is 44.0. The molecular formula is C40H74O19. The van der Waals surface area contributed by atoms with Crippen molar-refractivity contribution in [1.29, 1.82) is 0 Å². The Morgan fingerprint density at radius 3 is 1.47 bits per heavy atom. The van der Waals surface area contributed by atoms with Crippen LogP contribution in [0, 0.1) is 17.8 Å². The number of Topliss-reactive ketones (excluding diaryl/α,β-unsaturated/α-hetero) is 3. The van der Waals surface area contributed by atoms with Crippen LogP contribution in [0.1, 0.15) is 66.7 Å². The summed E-state index contributed by atoms with van der Waals surface area (Å²) in [6.07, 6.45) is -4.27. The highest BCUT2D eigenvalue weighted by atomic mass is 16.7. The molecule has 2 rings (SSSR count). The molecule has 0 spiro atoms.